The molecule has 0 bridgehead atoms. The van der Waals surface area contributed by atoms with Gasteiger partial charge in [-0.2, -0.15) is 0 Å². The van der Waals surface area contributed by atoms with Crippen molar-refractivity contribution >= 4 is 17.6 Å². The highest BCUT2D eigenvalue weighted by Gasteiger charge is 2.15. The lowest BCUT2D eigenvalue weighted by Gasteiger charge is -2.09. The normalized spacial score (nSPS) is 10.8. The maximum atomic E-state index is 12.9. The monoisotopic (exact) mass is 545 g/mol. The number of hydrogen-bond acceptors (Lipinski definition) is 6. The quantitative estimate of drug-likeness (QED) is 0.155. The predicted octanol–water partition coefficient (Wildman–Crippen LogP) is 6.71. The lowest BCUT2D eigenvalue weighted by atomic mass is 10.1. The SMILES string of the molecule is CCCc1ccc(C(=O)Nc2ccccc2-c2nnn(-c3ccc(OC(=O)c4ccc(CCC)cc4)cc3)n2)cc1. The second-order valence-electron chi connectivity index (χ2n) is 9.68. The number of carbonyl (C=O) groups excluding carboxylic acids is 2. The summed E-state index contributed by atoms with van der Waals surface area (Å²) in [4.78, 5) is 26.9. The van der Waals surface area contributed by atoms with Gasteiger partial charge in [-0.1, -0.05) is 63.1 Å². The molecule has 0 atom stereocenters. The second kappa shape index (κ2) is 12.8. The van der Waals surface area contributed by atoms with E-state index in [0.29, 0.717) is 39.6 Å². The van der Waals surface area contributed by atoms with Crippen molar-refractivity contribution in [3.05, 3.63) is 119 Å². The molecule has 0 saturated carbocycles. The van der Waals surface area contributed by atoms with Crippen LogP contribution in [0.15, 0.2) is 97.1 Å². The number of nitrogens with one attached hydrogen (secondary N) is 1. The van der Waals surface area contributed by atoms with E-state index in [-0.39, 0.29) is 5.91 Å². The van der Waals surface area contributed by atoms with Gasteiger partial charge in [0.2, 0.25) is 5.82 Å². The van der Waals surface area contributed by atoms with Crippen molar-refractivity contribution in [2.24, 2.45) is 0 Å². The zero-order chi connectivity index (χ0) is 28.6. The zero-order valence-electron chi connectivity index (χ0n) is 23.1. The number of para-hydroxylation sites is 1. The average Bonchev–Trinajstić information content (AvgIpc) is 3.49. The molecule has 5 aromatic rings. The van der Waals surface area contributed by atoms with Crippen LogP contribution < -0.4 is 10.1 Å². The van der Waals surface area contributed by atoms with Crippen LogP contribution in [-0.4, -0.2) is 32.1 Å². The van der Waals surface area contributed by atoms with Crippen molar-refractivity contribution in [1.82, 2.24) is 20.2 Å². The molecule has 0 aliphatic rings. The molecule has 0 aliphatic carbocycles. The van der Waals surface area contributed by atoms with Gasteiger partial charge >= 0.3 is 5.97 Å². The van der Waals surface area contributed by atoms with Crippen LogP contribution in [0.4, 0.5) is 5.69 Å². The zero-order valence-corrected chi connectivity index (χ0v) is 23.1. The number of hydrogen-bond donors (Lipinski definition) is 1. The molecule has 8 nitrogen and oxygen atoms in total. The number of anilines is 1. The van der Waals surface area contributed by atoms with Crippen LogP contribution in [0.2, 0.25) is 0 Å². The highest BCUT2D eigenvalue weighted by molar-refractivity contribution is 6.06. The smallest absolute Gasteiger partial charge is 0.343 e. The van der Waals surface area contributed by atoms with Gasteiger partial charge in [0.15, 0.2) is 0 Å². The van der Waals surface area contributed by atoms with Crippen molar-refractivity contribution in [3.8, 4) is 22.8 Å². The molecule has 8 heteroatoms. The van der Waals surface area contributed by atoms with E-state index < -0.39 is 5.97 Å². The van der Waals surface area contributed by atoms with Crippen molar-refractivity contribution in [3.63, 3.8) is 0 Å². The van der Waals surface area contributed by atoms with Gasteiger partial charge in [-0.3, -0.25) is 4.79 Å². The van der Waals surface area contributed by atoms with Crippen LogP contribution in [0, 0.1) is 0 Å². The lowest BCUT2D eigenvalue weighted by Crippen LogP contribution is -2.12. The van der Waals surface area contributed by atoms with Gasteiger partial charge in [0.25, 0.3) is 5.91 Å². The van der Waals surface area contributed by atoms with Gasteiger partial charge < -0.3 is 10.1 Å². The minimum Gasteiger partial charge on any atom is -0.423 e. The Hall–Kier alpha value is -5.11. The molecule has 4 aromatic carbocycles. The first-order valence-corrected chi connectivity index (χ1v) is 13.8. The van der Waals surface area contributed by atoms with E-state index in [2.05, 4.69) is 34.6 Å². The molecule has 0 spiro atoms. The number of amides is 1. The highest BCUT2D eigenvalue weighted by atomic mass is 16.5. The maximum Gasteiger partial charge on any atom is 0.343 e. The summed E-state index contributed by atoms with van der Waals surface area (Å²) in [6.07, 6.45) is 4.06. The summed E-state index contributed by atoms with van der Waals surface area (Å²) < 4.78 is 5.53. The van der Waals surface area contributed by atoms with E-state index in [9.17, 15) is 9.59 Å². The number of benzene rings is 4. The Bertz CT molecular complexity index is 1630. The number of tetrazole rings is 1. The standard InChI is InChI=1S/C33H31N5O3/c1-3-7-23-11-15-25(16-12-23)32(39)34-30-10-6-5-9-29(30)31-35-37-38(36-31)27-19-21-28(22-20-27)41-33(40)26-17-13-24(8-4-2)14-18-26/h5-6,9-22H,3-4,7-8H2,1-2H3,(H,34,39). The average molecular weight is 546 g/mol. The molecule has 0 aliphatic heterocycles. The number of nitrogens with zero attached hydrogens (tertiary/aromatic N) is 4. The molecule has 0 radical (unpaired) electrons. The third kappa shape index (κ3) is 6.73. The number of rotatable bonds is 10. The highest BCUT2D eigenvalue weighted by Crippen LogP contribution is 2.26. The van der Waals surface area contributed by atoms with Crippen molar-refractivity contribution in [2.45, 2.75) is 39.5 Å². The van der Waals surface area contributed by atoms with Gasteiger partial charge in [0, 0.05) is 11.1 Å². The second-order valence-corrected chi connectivity index (χ2v) is 9.68. The number of carbonyl (C=O) groups is 2. The molecule has 1 N–H and O–H groups in total. The van der Waals surface area contributed by atoms with Crippen LogP contribution in [0.3, 0.4) is 0 Å². The minimum atomic E-state index is -0.419. The number of ether oxygens (including phenoxy) is 1. The molecule has 206 valence electrons. The molecule has 5 rings (SSSR count). The fraction of sp³-hybridized carbons (Fsp3) is 0.182. The Morgan fingerprint density at radius 3 is 2.00 bits per heavy atom. The molecule has 41 heavy (non-hydrogen) atoms. The first kappa shape index (κ1) is 27.5. The van der Waals surface area contributed by atoms with Gasteiger partial charge in [-0.15, -0.1) is 15.0 Å². The van der Waals surface area contributed by atoms with E-state index >= 15 is 0 Å². The molecule has 0 fully saturated rings. The largest absolute Gasteiger partial charge is 0.423 e. The molecule has 1 amide bonds. The van der Waals surface area contributed by atoms with Gasteiger partial charge in [0.05, 0.1) is 16.9 Å². The Morgan fingerprint density at radius 2 is 1.37 bits per heavy atom. The summed E-state index contributed by atoms with van der Waals surface area (Å²) in [5, 5.41) is 15.9. The topological polar surface area (TPSA) is 99.0 Å². The fourth-order valence-corrected chi connectivity index (χ4v) is 4.43. The fourth-order valence-electron chi connectivity index (χ4n) is 4.43. The molecule has 0 saturated heterocycles. The predicted molar refractivity (Wildman–Crippen MR) is 158 cm³/mol. The third-order valence-corrected chi connectivity index (χ3v) is 6.59. The number of esters is 1. The third-order valence-electron chi connectivity index (χ3n) is 6.59. The molecule has 1 aromatic heterocycles. The van der Waals surface area contributed by atoms with Crippen LogP contribution in [-0.2, 0) is 12.8 Å². The Kier molecular flexibility index (Phi) is 8.59. The van der Waals surface area contributed by atoms with Gasteiger partial charge in [0.1, 0.15) is 5.75 Å². The van der Waals surface area contributed by atoms with Crippen molar-refractivity contribution in [1.29, 1.82) is 0 Å². The number of aryl methyl sites for hydroxylation is 2. The van der Waals surface area contributed by atoms with E-state index in [1.165, 1.54) is 15.9 Å². The van der Waals surface area contributed by atoms with Gasteiger partial charge in [-0.25, -0.2) is 4.79 Å². The van der Waals surface area contributed by atoms with Gasteiger partial charge in [-0.05, 0) is 89.8 Å². The first-order chi connectivity index (χ1) is 20.0. The van der Waals surface area contributed by atoms with E-state index in [1.54, 1.807) is 42.5 Å². The molecule has 0 unspecified atom stereocenters. The Labute approximate surface area is 239 Å². The minimum absolute atomic E-state index is 0.213. The summed E-state index contributed by atoms with van der Waals surface area (Å²) in [5.74, 6) is 0.140. The van der Waals surface area contributed by atoms with E-state index in [4.69, 9.17) is 4.74 Å². The Balaban J connectivity index is 1.26. The van der Waals surface area contributed by atoms with Crippen LogP contribution in [0.5, 0.6) is 5.75 Å². The summed E-state index contributed by atoms with van der Waals surface area (Å²) in [6.45, 7) is 4.25. The maximum absolute atomic E-state index is 12.9. The van der Waals surface area contributed by atoms with Crippen LogP contribution in [0.1, 0.15) is 58.5 Å². The van der Waals surface area contributed by atoms with Crippen LogP contribution in [0.25, 0.3) is 17.1 Å². The summed E-state index contributed by atoms with van der Waals surface area (Å²) >= 11 is 0. The summed E-state index contributed by atoms with van der Waals surface area (Å²) in [6, 6.07) is 29.3. The summed E-state index contributed by atoms with van der Waals surface area (Å²) in [5.41, 5.74) is 5.33. The molecular weight excluding hydrogens is 514 g/mol. The molecule has 1 heterocycles. The van der Waals surface area contributed by atoms with E-state index in [0.717, 1.165) is 25.7 Å². The Morgan fingerprint density at radius 1 is 0.756 bits per heavy atom. The lowest BCUT2D eigenvalue weighted by molar-refractivity contribution is 0.0734. The van der Waals surface area contributed by atoms with Crippen LogP contribution >= 0.6 is 0 Å². The van der Waals surface area contributed by atoms with Crippen molar-refractivity contribution in [2.75, 3.05) is 5.32 Å². The first-order valence-electron chi connectivity index (χ1n) is 13.8. The summed E-state index contributed by atoms with van der Waals surface area (Å²) in [7, 11) is 0. The molecular formula is C33H31N5O3. The number of aromatic nitrogens is 4. The van der Waals surface area contributed by atoms with E-state index in [1.807, 2.05) is 54.6 Å². The van der Waals surface area contributed by atoms with Crippen molar-refractivity contribution < 1.29 is 14.3 Å².